The number of carboxylic acids is 1. The van der Waals surface area contributed by atoms with Crippen molar-refractivity contribution in [2.24, 2.45) is 0 Å². The summed E-state index contributed by atoms with van der Waals surface area (Å²) in [5.74, 6) is -1.48. The Bertz CT molecular complexity index is 630. The van der Waals surface area contributed by atoms with Crippen molar-refractivity contribution in [1.29, 1.82) is 0 Å². The summed E-state index contributed by atoms with van der Waals surface area (Å²) in [5, 5.41) is 11.4. The van der Waals surface area contributed by atoms with E-state index in [1.807, 2.05) is 45.0 Å². The van der Waals surface area contributed by atoms with Crippen LogP contribution in [0.1, 0.15) is 45.6 Å². The van der Waals surface area contributed by atoms with E-state index in [0.717, 1.165) is 11.3 Å². The second-order valence-electron chi connectivity index (χ2n) is 6.57. The predicted molar refractivity (Wildman–Crippen MR) is 91.3 cm³/mol. The molecule has 2 aliphatic rings. The fourth-order valence-electron chi connectivity index (χ4n) is 2.92. The SMILES string of the molecule is CC[C@]1(CC(=O)O)CCOC(C)(C)O1.O=C1Nc2ccccc2CO1. The average Bonchev–Trinajstić information content (AvgIpc) is 2.53. The molecule has 1 fully saturated rings. The number of hydrogen-bond acceptors (Lipinski definition) is 5. The summed E-state index contributed by atoms with van der Waals surface area (Å²) in [6.45, 7) is 6.53. The summed E-state index contributed by atoms with van der Waals surface area (Å²) >= 11 is 0. The number of hydrogen-bond donors (Lipinski definition) is 2. The number of ether oxygens (including phenoxy) is 3. The van der Waals surface area contributed by atoms with Crippen LogP contribution >= 0.6 is 0 Å². The first-order valence-corrected chi connectivity index (χ1v) is 8.33. The van der Waals surface area contributed by atoms with Gasteiger partial charge in [0, 0.05) is 12.0 Å². The lowest BCUT2D eigenvalue weighted by atomic mass is 9.91. The predicted octanol–water partition coefficient (Wildman–Crippen LogP) is 3.53. The molecule has 0 aliphatic carbocycles. The largest absolute Gasteiger partial charge is 0.481 e. The standard InChI is InChI=1S/C10H18O4.C8H7NO2/c1-4-10(7-8(11)12)5-6-13-9(2,3)14-10;10-8-9-7-4-2-1-3-6(7)5-11-8/h4-7H2,1-3H3,(H,11,12);1-4H,5H2,(H,9,10)/t10-;/m1./s1. The van der Waals surface area contributed by atoms with Crippen LogP contribution in [0.15, 0.2) is 24.3 Å². The first-order valence-electron chi connectivity index (χ1n) is 8.33. The van der Waals surface area contributed by atoms with E-state index in [4.69, 9.17) is 19.3 Å². The van der Waals surface area contributed by atoms with Gasteiger partial charge >= 0.3 is 12.1 Å². The molecular formula is C18H25NO6. The van der Waals surface area contributed by atoms with Gasteiger partial charge < -0.3 is 19.3 Å². The molecule has 0 unspecified atom stereocenters. The number of rotatable bonds is 3. The molecule has 1 aromatic carbocycles. The van der Waals surface area contributed by atoms with Crippen LogP contribution < -0.4 is 5.32 Å². The lowest BCUT2D eigenvalue weighted by Crippen LogP contribution is -2.49. The minimum absolute atomic E-state index is 0.0519. The third kappa shape index (κ3) is 5.44. The van der Waals surface area contributed by atoms with Crippen LogP contribution in [0.3, 0.4) is 0 Å². The second kappa shape index (κ2) is 7.84. The molecule has 3 rings (SSSR count). The molecule has 0 radical (unpaired) electrons. The van der Waals surface area contributed by atoms with Gasteiger partial charge in [-0.3, -0.25) is 10.1 Å². The van der Waals surface area contributed by atoms with E-state index < -0.39 is 17.4 Å². The number of carbonyl (C=O) groups is 2. The summed E-state index contributed by atoms with van der Waals surface area (Å²) in [6, 6.07) is 7.58. The van der Waals surface area contributed by atoms with Crippen molar-refractivity contribution in [3.05, 3.63) is 29.8 Å². The quantitative estimate of drug-likeness (QED) is 0.865. The summed E-state index contributed by atoms with van der Waals surface area (Å²) in [6.07, 6.45) is 1.03. The molecule has 1 atom stereocenters. The topological polar surface area (TPSA) is 94.1 Å². The number of amides is 1. The highest BCUT2D eigenvalue weighted by molar-refractivity contribution is 5.87. The molecule has 138 valence electrons. The number of nitrogens with one attached hydrogen (secondary N) is 1. The highest BCUT2D eigenvalue weighted by Gasteiger charge is 2.41. The van der Waals surface area contributed by atoms with E-state index in [2.05, 4.69) is 5.32 Å². The van der Waals surface area contributed by atoms with Crippen LogP contribution in [0.25, 0.3) is 0 Å². The van der Waals surface area contributed by atoms with Gasteiger partial charge in [-0.2, -0.15) is 0 Å². The van der Waals surface area contributed by atoms with E-state index in [-0.39, 0.29) is 12.5 Å². The van der Waals surface area contributed by atoms with Crippen molar-refractivity contribution in [2.75, 3.05) is 11.9 Å². The minimum Gasteiger partial charge on any atom is -0.481 e. The van der Waals surface area contributed by atoms with Gasteiger partial charge in [0.15, 0.2) is 5.79 Å². The minimum atomic E-state index is -0.815. The van der Waals surface area contributed by atoms with Gasteiger partial charge in [0.2, 0.25) is 0 Å². The zero-order chi connectivity index (χ0) is 18.5. The zero-order valence-electron chi connectivity index (χ0n) is 14.8. The third-order valence-corrected chi connectivity index (χ3v) is 4.20. The Morgan fingerprint density at radius 3 is 2.68 bits per heavy atom. The molecule has 1 amide bonds. The number of fused-ring (bicyclic) bond motifs is 1. The Kier molecular flexibility index (Phi) is 6.02. The lowest BCUT2D eigenvalue weighted by Gasteiger charge is -2.44. The van der Waals surface area contributed by atoms with Crippen molar-refractivity contribution in [1.82, 2.24) is 0 Å². The van der Waals surface area contributed by atoms with Crippen LogP contribution in [-0.4, -0.2) is 35.2 Å². The summed E-state index contributed by atoms with van der Waals surface area (Å²) < 4.78 is 15.9. The number of benzene rings is 1. The molecule has 2 aliphatic heterocycles. The van der Waals surface area contributed by atoms with Crippen LogP contribution in [-0.2, 0) is 25.6 Å². The Morgan fingerprint density at radius 1 is 1.32 bits per heavy atom. The molecule has 7 heteroatoms. The highest BCUT2D eigenvalue weighted by Crippen LogP contribution is 2.35. The Labute approximate surface area is 147 Å². The maximum absolute atomic E-state index is 10.7. The number of anilines is 1. The van der Waals surface area contributed by atoms with Crippen molar-refractivity contribution in [2.45, 2.75) is 58.0 Å². The van der Waals surface area contributed by atoms with Gasteiger partial charge in [-0.25, -0.2) is 4.79 Å². The fourth-order valence-corrected chi connectivity index (χ4v) is 2.92. The van der Waals surface area contributed by atoms with Crippen molar-refractivity contribution in [3.8, 4) is 0 Å². The molecule has 1 saturated heterocycles. The maximum Gasteiger partial charge on any atom is 0.411 e. The van der Waals surface area contributed by atoms with Crippen LogP contribution in [0.5, 0.6) is 0 Å². The molecule has 25 heavy (non-hydrogen) atoms. The van der Waals surface area contributed by atoms with Gasteiger partial charge in [0.1, 0.15) is 6.61 Å². The number of carboxylic acid groups (broad SMARTS) is 1. The average molecular weight is 351 g/mol. The number of cyclic esters (lactones) is 1. The van der Waals surface area contributed by atoms with Crippen LogP contribution in [0.4, 0.5) is 10.5 Å². The highest BCUT2D eigenvalue weighted by atomic mass is 16.7. The van der Waals surface area contributed by atoms with Crippen molar-refractivity contribution >= 4 is 17.7 Å². The van der Waals surface area contributed by atoms with Crippen LogP contribution in [0, 0.1) is 0 Å². The molecule has 0 spiro atoms. The van der Waals surface area contributed by atoms with Gasteiger partial charge in [0.25, 0.3) is 0 Å². The Morgan fingerprint density at radius 2 is 2.04 bits per heavy atom. The lowest BCUT2D eigenvalue weighted by molar-refractivity contribution is -0.311. The van der Waals surface area contributed by atoms with Crippen LogP contribution in [0.2, 0.25) is 0 Å². The number of para-hydroxylation sites is 1. The zero-order valence-corrected chi connectivity index (χ0v) is 14.8. The van der Waals surface area contributed by atoms with E-state index in [0.29, 0.717) is 26.1 Å². The van der Waals surface area contributed by atoms with Gasteiger partial charge in [-0.1, -0.05) is 25.1 Å². The van der Waals surface area contributed by atoms with Gasteiger partial charge in [-0.05, 0) is 26.3 Å². The normalized spacial score (nSPS) is 24.0. The smallest absolute Gasteiger partial charge is 0.411 e. The monoisotopic (exact) mass is 351 g/mol. The summed E-state index contributed by atoms with van der Waals surface area (Å²) in [4.78, 5) is 21.4. The van der Waals surface area contributed by atoms with Gasteiger partial charge in [0.05, 0.1) is 24.3 Å². The summed E-state index contributed by atoms with van der Waals surface area (Å²) in [7, 11) is 0. The number of carbonyl (C=O) groups excluding carboxylic acids is 1. The molecule has 1 aromatic rings. The van der Waals surface area contributed by atoms with Gasteiger partial charge in [-0.15, -0.1) is 0 Å². The molecule has 0 aromatic heterocycles. The van der Waals surface area contributed by atoms with E-state index in [1.165, 1.54) is 0 Å². The molecule has 0 saturated carbocycles. The molecule has 2 heterocycles. The van der Waals surface area contributed by atoms with Crippen molar-refractivity contribution < 1.29 is 28.9 Å². The molecule has 7 nitrogen and oxygen atoms in total. The Balaban J connectivity index is 0.000000185. The Hall–Kier alpha value is -2.12. The van der Waals surface area contributed by atoms with Crippen molar-refractivity contribution in [3.63, 3.8) is 0 Å². The number of aliphatic carboxylic acids is 1. The van der Waals surface area contributed by atoms with E-state index in [9.17, 15) is 9.59 Å². The molecule has 2 N–H and O–H groups in total. The first kappa shape index (κ1) is 19.2. The summed E-state index contributed by atoms with van der Waals surface area (Å²) in [5.41, 5.74) is 1.32. The molecular weight excluding hydrogens is 326 g/mol. The second-order valence-corrected chi connectivity index (χ2v) is 6.57. The maximum atomic E-state index is 10.7. The third-order valence-electron chi connectivity index (χ3n) is 4.20. The van der Waals surface area contributed by atoms with E-state index in [1.54, 1.807) is 0 Å². The fraction of sp³-hybridized carbons (Fsp3) is 0.556. The molecule has 0 bridgehead atoms. The first-order chi connectivity index (χ1) is 11.8. The van der Waals surface area contributed by atoms with E-state index >= 15 is 0 Å².